The van der Waals surface area contributed by atoms with Gasteiger partial charge in [-0.3, -0.25) is 0 Å². The van der Waals surface area contributed by atoms with Crippen molar-refractivity contribution in [2.24, 2.45) is 0 Å². The monoisotopic (exact) mass is 263 g/mol. The third kappa shape index (κ3) is 2.17. The Hall–Kier alpha value is -2.01. The van der Waals surface area contributed by atoms with Crippen LogP contribution in [0.2, 0.25) is 0 Å². The summed E-state index contributed by atoms with van der Waals surface area (Å²) in [6, 6.07) is 10.5. The van der Waals surface area contributed by atoms with Gasteiger partial charge >= 0.3 is 0 Å². The molecule has 0 saturated heterocycles. The normalized spacial score (nSPS) is 11.4. The van der Waals surface area contributed by atoms with Gasteiger partial charge in [0.1, 0.15) is 5.75 Å². The molecule has 2 rings (SSSR count). The number of aryl methyl sites for hydroxylation is 1. The molecule has 0 aliphatic carbocycles. The van der Waals surface area contributed by atoms with Gasteiger partial charge in [0.15, 0.2) is 0 Å². The Balaban J connectivity index is 2.58. The SMILES string of the molecule is Cc1cccc(S(=O)(=O)c2ccc(N)c(O)c2)c1. The number of hydrogen-bond acceptors (Lipinski definition) is 4. The zero-order valence-corrected chi connectivity index (χ0v) is 10.6. The largest absolute Gasteiger partial charge is 0.506 e. The molecular formula is C13H13NO3S. The zero-order chi connectivity index (χ0) is 13.3. The number of aromatic hydroxyl groups is 1. The summed E-state index contributed by atoms with van der Waals surface area (Å²) in [6.07, 6.45) is 0. The Morgan fingerprint density at radius 1 is 1.06 bits per heavy atom. The molecule has 0 aliphatic rings. The molecule has 2 aromatic rings. The predicted molar refractivity (Wildman–Crippen MR) is 69.2 cm³/mol. The first-order valence-electron chi connectivity index (χ1n) is 5.31. The van der Waals surface area contributed by atoms with Crippen LogP contribution in [0.4, 0.5) is 5.69 Å². The number of phenolic OH excluding ortho intramolecular Hbond substituents is 1. The van der Waals surface area contributed by atoms with Crippen molar-refractivity contribution in [3.8, 4) is 5.75 Å². The molecule has 5 heteroatoms. The van der Waals surface area contributed by atoms with E-state index < -0.39 is 9.84 Å². The van der Waals surface area contributed by atoms with Gasteiger partial charge in [-0.05, 0) is 36.8 Å². The van der Waals surface area contributed by atoms with E-state index in [-0.39, 0.29) is 21.2 Å². The van der Waals surface area contributed by atoms with Gasteiger partial charge in [0, 0.05) is 6.07 Å². The lowest BCUT2D eigenvalue weighted by Crippen LogP contribution is -2.02. The highest BCUT2D eigenvalue weighted by Crippen LogP contribution is 2.27. The number of phenols is 1. The first-order valence-corrected chi connectivity index (χ1v) is 6.80. The molecule has 2 aromatic carbocycles. The fraction of sp³-hybridized carbons (Fsp3) is 0.0769. The van der Waals surface area contributed by atoms with E-state index in [1.165, 1.54) is 18.2 Å². The lowest BCUT2D eigenvalue weighted by Gasteiger charge is -2.07. The molecule has 94 valence electrons. The van der Waals surface area contributed by atoms with Gasteiger partial charge in [-0.2, -0.15) is 0 Å². The third-order valence-corrected chi connectivity index (χ3v) is 4.36. The van der Waals surface area contributed by atoms with E-state index in [1.54, 1.807) is 12.1 Å². The molecule has 18 heavy (non-hydrogen) atoms. The van der Waals surface area contributed by atoms with Crippen LogP contribution < -0.4 is 5.73 Å². The first kappa shape index (κ1) is 12.4. The van der Waals surface area contributed by atoms with Crippen LogP contribution in [0.3, 0.4) is 0 Å². The molecule has 0 fully saturated rings. The number of hydrogen-bond donors (Lipinski definition) is 2. The minimum Gasteiger partial charge on any atom is -0.506 e. The number of rotatable bonds is 2. The Bertz CT molecular complexity index is 693. The first-order chi connectivity index (χ1) is 8.41. The highest BCUT2D eigenvalue weighted by molar-refractivity contribution is 7.91. The minimum atomic E-state index is -3.62. The van der Waals surface area contributed by atoms with E-state index in [2.05, 4.69) is 0 Å². The third-order valence-electron chi connectivity index (χ3n) is 2.61. The van der Waals surface area contributed by atoms with Crippen molar-refractivity contribution < 1.29 is 13.5 Å². The molecule has 4 nitrogen and oxygen atoms in total. The number of sulfone groups is 1. The molecule has 3 N–H and O–H groups in total. The quantitative estimate of drug-likeness (QED) is 0.642. The van der Waals surface area contributed by atoms with Gasteiger partial charge in [-0.1, -0.05) is 12.1 Å². The summed E-state index contributed by atoms with van der Waals surface area (Å²) in [5, 5.41) is 9.48. The van der Waals surface area contributed by atoms with Gasteiger partial charge in [0.25, 0.3) is 0 Å². The summed E-state index contributed by atoms with van der Waals surface area (Å²) in [7, 11) is -3.62. The van der Waals surface area contributed by atoms with Crippen molar-refractivity contribution in [3.05, 3.63) is 48.0 Å². The van der Waals surface area contributed by atoms with Gasteiger partial charge in [0.2, 0.25) is 9.84 Å². The van der Waals surface area contributed by atoms with Gasteiger partial charge in [-0.15, -0.1) is 0 Å². The summed E-state index contributed by atoms with van der Waals surface area (Å²) >= 11 is 0. The smallest absolute Gasteiger partial charge is 0.206 e. The molecule has 0 heterocycles. The van der Waals surface area contributed by atoms with Crippen molar-refractivity contribution in [1.29, 1.82) is 0 Å². The molecule has 0 amide bonds. The minimum absolute atomic E-state index is 0.0276. The Kier molecular flexibility index (Phi) is 3.00. The molecule has 0 saturated carbocycles. The van der Waals surface area contributed by atoms with Crippen molar-refractivity contribution >= 4 is 15.5 Å². The second-order valence-corrected chi connectivity index (χ2v) is 5.99. The van der Waals surface area contributed by atoms with Crippen molar-refractivity contribution in [1.82, 2.24) is 0 Å². The molecular weight excluding hydrogens is 250 g/mol. The maximum absolute atomic E-state index is 12.3. The van der Waals surface area contributed by atoms with Crippen LogP contribution >= 0.6 is 0 Å². The molecule has 0 radical (unpaired) electrons. The second-order valence-electron chi connectivity index (χ2n) is 4.04. The Labute approximate surface area is 106 Å². The standard InChI is InChI=1S/C13H13NO3S/c1-9-3-2-4-10(7-9)18(16,17)11-5-6-12(14)13(15)8-11/h2-8,15H,14H2,1H3. The predicted octanol–water partition coefficient (Wildman–Crippen LogP) is 2.12. The average Bonchev–Trinajstić information content (AvgIpc) is 2.32. The lowest BCUT2D eigenvalue weighted by atomic mass is 10.2. The van der Waals surface area contributed by atoms with Gasteiger partial charge in [-0.25, -0.2) is 8.42 Å². The maximum Gasteiger partial charge on any atom is 0.206 e. The zero-order valence-electron chi connectivity index (χ0n) is 9.79. The Morgan fingerprint density at radius 3 is 2.33 bits per heavy atom. The molecule has 0 atom stereocenters. The van der Waals surface area contributed by atoms with Crippen LogP contribution in [-0.4, -0.2) is 13.5 Å². The number of nitrogens with two attached hydrogens (primary N) is 1. The van der Waals surface area contributed by atoms with E-state index in [0.717, 1.165) is 11.6 Å². The molecule has 0 spiro atoms. The molecule has 0 aliphatic heterocycles. The topological polar surface area (TPSA) is 80.4 Å². The van der Waals surface area contributed by atoms with Crippen molar-refractivity contribution in [3.63, 3.8) is 0 Å². The highest BCUT2D eigenvalue weighted by atomic mass is 32.2. The summed E-state index contributed by atoms with van der Waals surface area (Å²) in [5.74, 6) is -0.233. The van der Waals surface area contributed by atoms with Crippen LogP contribution in [0.25, 0.3) is 0 Å². The molecule has 0 aromatic heterocycles. The van der Waals surface area contributed by atoms with Crippen molar-refractivity contribution in [2.45, 2.75) is 16.7 Å². The second kappa shape index (κ2) is 4.34. The fourth-order valence-electron chi connectivity index (χ4n) is 1.61. The van der Waals surface area contributed by atoms with Crippen LogP contribution in [-0.2, 0) is 9.84 Å². The van der Waals surface area contributed by atoms with E-state index in [0.29, 0.717) is 0 Å². The number of benzene rings is 2. The fourth-order valence-corrected chi connectivity index (χ4v) is 2.99. The average molecular weight is 263 g/mol. The van der Waals surface area contributed by atoms with Crippen LogP contribution in [0.5, 0.6) is 5.75 Å². The number of anilines is 1. The van der Waals surface area contributed by atoms with Crippen molar-refractivity contribution in [2.75, 3.05) is 5.73 Å². The van der Waals surface area contributed by atoms with Crippen LogP contribution in [0, 0.1) is 6.92 Å². The number of nitrogen functional groups attached to an aromatic ring is 1. The summed E-state index contributed by atoms with van der Waals surface area (Å²) in [6.45, 7) is 1.82. The lowest BCUT2D eigenvalue weighted by molar-refractivity contribution is 0.476. The van der Waals surface area contributed by atoms with Gasteiger partial charge in [0.05, 0.1) is 15.5 Å². The summed E-state index contributed by atoms with van der Waals surface area (Å²) in [5.41, 5.74) is 6.46. The van der Waals surface area contributed by atoms with E-state index in [1.807, 2.05) is 13.0 Å². The van der Waals surface area contributed by atoms with Gasteiger partial charge < -0.3 is 10.8 Å². The van der Waals surface area contributed by atoms with E-state index in [4.69, 9.17) is 5.73 Å². The van der Waals surface area contributed by atoms with E-state index >= 15 is 0 Å². The van der Waals surface area contributed by atoms with Crippen LogP contribution in [0.1, 0.15) is 5.56 Å². The van der Waals surface area contributed by atoms with E-state index in [9.17, 15) is 13.5 Å². The van der Waals surface area contributed by atoms with Crippen LogP contribution in [0.15, 0.2) is 52.3 Å². The molecule has 0 bridgehead atoms. The summed E-state index contributed by atoms with van der Waals surface area (Å²) in [4.78, 5) is 0.228. The molecule has 0 unspecified atom stereocenters. The highest BCUT2D eigenvalue weighted by Gasteiger charge is 2.18. The Morgan fingerprint density at radius 2 is 1.72 bits per heavy atom. The maximum atomic E-state index is 12.3. The summed E-state index contributed by atoms with van der Waals surface area (Å²) < 4.78 is 24.6.